The molecule has 7 heteroatoms. The predicted octanol–water partition coefficient (Wildman–Crippen LogP) is 3.92. The summed E-state index contributed by atoms with van der Waals surface area (Å²) in [6, 6.07) is 11.9. The number of aromatic nitrogens is 2. The summed E-state index contributed by atoms with van der Waals surface area (Å²) in [5.41, 5.74) is -0.0293. The summed E-state index contributed by atoms with van der Waals surface area (Å²) >= 11 is 1.19. The zero-order valence-electron chi connectivity index (χ0n) is 13.2. The van der Waals surface area contributed by atoms with Crippen LogP contribution in [0.3, 0.4) is 0 Å². The molecule has 3 aromatic rings. The van der Waals surface area contributed by atoms with Crippen LogP contribution in [0.2, 0.25) is 0 Å². The van der Waals surface area contributed by atoms with Crippen molar-refractivity contribution in [2.75, 3.05) is 5.75 Å². The van der Waals surface area contributed by atoms with Crippen molar-refractivity contribution in [2.24, 2.45) is 5.92 Å². The number of halogens is 2. The lowest BCUT2D eigenvalue weighted by atomic mass is 10.2. The molecule has 0 aliphatic heterocycles. The number of hydrogen-bond acceptors (Lipinski definition) is 4. The summed E-state index contributed by atoms with van der Waals surface area (Å²) in [5, 5.41) is 9.54. The van der Waals surface area contributed by atoms with Crippen molar-refractivity contribution in [1.82, 2.24) is 9.55 Å². The molecule has 4 nitrogen and oxygen atoms in total. The monoisotopic (exact) mass is 357 g/mol. The molecule has 0 saturated heterocycles. The Kier molecular flexibility index (Phi) is 4.81. The highest BCUT2D eigenvalue weighted by Gasteiger charge is 2.17. The van der Waals surface area contributed by atoms with Gasteiger partial charge in [0.05, 0.1) is 28.6 Å². The van der Waals surface area contributed by atoms with Gasteiger partial charge in [0.25, 0.3) is 5.56 Å². The van der Waals surface area contributed by atoms with E-state index in [-0.39, 0.29) is 16.8 Å². The van der Waals surface area contributed by atoms with Gasteiger partial charge in [-0.05, 0) is 31.2 Å². The number of benzene rings is 2. The minimum Gasteiger partial charge on any atom is -0.268 e. The summed E-state index contributed by atoms with van der Waals surface area (Å²) in [6.07, 6.45) is 0. The summed E-state index contributed by atoms with van der Waals surface area (Å²) in [5.74, 6) is -1.45. The highest BCUT2D eigenvalue weighted by Crippen LogP contribution is 2.24. The number of nitriles is 1. The maximum Gasteiger partial charge on any atom is 0.266 e. The molecule has 0 fully saturated rings. The fourth-order valence-corrected chi connectivity index (χ4v) is 3.27. The maximum absolute atomic E-state index is 14.3. The van der Waals surface area contributed by atoms with Gasteiger partial charge in [-0.3, -0.25) is 9.36 Å². The van der Waals surface area contributed by atoms with E-state index in [1.54, 1.807) is 31.2 Å². The Bertz CT molecular complexity index is 1040. The Morgan fingerprint density at radius 2 is 2.04 bits per heavy atom. The van der Waals surface area contributed by atoms with Crippen LogP contribution in [0.4, 0.5) is 8.78 Å². The van der Waals surface area contributed by atoms with Crippen LogP contribution in [-0.2, 0) is 0 Å². The lowest BCUT2D eigenvalue weighted by Crippen LogP contribution is -2.23. The van der Waals surface area contributed by atoms with Gasteiger partial charge in [0.1, 0.15) is 11.6 Å². The van der Waals surface area contributed by atoms with Gasteiger partial charge < -0.3 is 0 Å². The largest absolute Gasteiger partial charge is 0.268 e. The Hall–Kier alpha value is -2.72. The van der Waals surface area contributed by atoms with Crippen molar-refractivity contribution in [1.29, 1.82) is 5.26 Å². The van der Waals surface area contributed by atoms with Gasteiger partial charge in [-0.2, -0.15) is 5.26 Å². The van der Waals surface area contributed by atoms with Gasteiger partial charge in [0, 0.05) is 11.8 Å². The van der Waals surface area contributed by atoms with Gasteiger partial charge in [-0.15, -0.1) is 0 Å². The SMILES string of the molecule is C[C@H](C#N)CSc1nc2ccccc2c(=O)n1-c1ccc(F)cc1F. The predicted molar refractivity (Wildman–Crippen MR) is 92.8 cm³/mol. The molecule has 25 heavy (non-hydrogen) atoms. The standard InChI is InChI=1S/C18H13F2N3OS/c1-11(9-21)10-25-18-22-15-5-3-2-4-13(15)17(24)23(18)16-7-6-12(19)8-14(16)20/h2-8,11H,10H2,1H3/t11-/m1/s1. The van der Waals surface area contributed by atoms with E-state index in [0.29, 0.717) is 16.7 Å². The number of thioether (sulfide) groups is 1. The highest BCUT2D eigenvalue weighted by molar-refractivity contribution is 7.99. The first-order chi connectivity index (χ1) is 12.0. The summed E-state index contributed by atoms with van der Waals surface area (Å²) in [4.78, 5) is 17.3. The van der Waals surface area contributed by atoms with Gasteiger partial charge in [-0.1, -0.05) is 23.9 Å². The second-order valence-electron chi connectivity index (χ2n) is 5.49. The Balaban J connectivity index is 2.25. The summed E-state index contributed by atoms with van der Waals surface area (Å²) < 4.78 is 28.6. The highest BCUT2D eigenvalue weighted by atomic mass is 32.2. The smallest absolute Gasteiger partial charge is 0.266 e. The fraction of sp³-hybridized carbons (Fsp3) is 0.167. The normalized spacial score (nSPS) is 12.1. The summed E-state index contributed by atoms with van der Waals surface area (Å²) in [6.45, 7) is 1.75. The molecule has 0 amide bonds. The third kappa shape index (κ3) is 3.39. The lowest BCUT2D eigenvalue weighted by molar-refractivity contribution is 0.572. The maximum atomic E-state index is 14.3. The number of fused-ring (bicyclic) bond motifs is 1. The molecule has 0 aliphatic rings. The summed E-state index contributed by atoms with van der Waals surface area (Å²) in [7, 11) is 0. The third-order valence-corrected chi connectivity index (χ3v) is 4.78. The zero-order chi connectivity index (χ0) is 18.0. The number of nitrogens with zero attached hydrogens (tertiary/aromatic N) is 3. The fourth-order valence-electron chi connectivity index (χ4n) is 2.32. The van der Waals surface area contributed by atoms with Gasteiger partial charge in [-0.25, -0.2) is 13.8 Å². The molecule has 0 unspecified atom stereocenters. The molecule has 126 valence electrons. The topological polar surface area (TPSA) is 58.7 Å². The van der Waals surface area contributed by atoms with Gasteiger partial charge in [0.2, 0.25) is 0 Å². The van der Waals surface area contributed by atoms with Gasteiger partial charge in [0.15, 0.2) is 5.16 Å². The van der Waals surface area contributed by atoms with Crippen LogP contribution in [0.15, 0.2) is 52.4 Å². The third-order valence-electron chi connectivity index (χ3n) is 3.58. The minimum atomic E-state index is -0.852. The Labute approximate surface area is 146 Å². The van der Waals surface area contributed by atoms with E-state index in [0.717, 1.165) is 16.7 Å². The molecule has 1 atom stereocenters. The van der Waals surface area contributed by atoms with E-state index < -0.39 is 17.2 Å². The molecule has 0 N–H and O–H groups in total. The Morgan fingerprint density at radius 3 is 2.76 bits per heavy atom. The van der Waals surface area contributed by atoms with Crippen LogP contribution in [-0.4, -0.2) is 15.3 Å². The number of rotatable bonds is 4. The van der Waals surface area contributed by atoms with Crippen LogP contribution < -0.4 is 5.56 Å². The first kappa shape index (κ1) is 17.1. The molecule has 1 heterocycles. The first-order valence-electron chi connectivity index (χ1n) is 7.51. The molecular formula is C18H13F2N3OS. The first-order valence-corrected chi connectivity index (χ1v) is 8.49. The lowest BCUT2D eigenvalue weighted by Gasteiger charge is -2.14. The van der Waals surface area contributed by atoms with E-state index >= 15 is 0 Å². The second-order valence-corrected chi connectivity index (χ2v) is 6.48. The van der Waals surface area contributed by atoms with Crippen molar-refractivity contribution in [3.63, 3.8) is 0 Å². The molecular weight excluding hydrogens is 344 g/mol. The van der Waals surface area contributed by atoms with E-state index in [9.17, 15) is 13.6 Å². The molecule has 0 bridgehead atoms. The number of para-hydroxylation sites is 1. The molecule has 0 spiro atoms. The molecule has 3 rings (SSSR count). The van der Waals surface area contributed by atoms with Crippen molar-refractivity contribution in [3.8, 4) is 11.8 Å². The zero-order valence-corrected chi connectivity index (χ0v) is 14.1. The Morgan fingerprint density at radius 1 is 1.28 bits per heavy atom. The van der Waals surface area contributed by atoms with Crippen LogP contribution in [0.25, 0.3) is 16.6 Å². The average Bonchev–Trinajstić information content (AvgIpc) is 2.61. The van der Waals surface area contributed by atoms with E-state index in [4.69, 9.17) is 5.26 Å². The number of hydrogen-bond donors (Lipinski definition) is 0. The van der Waals surface area contributed by atoms with Crippen LogP contribution in [0, 0.1) is 28.9 Å². The quantitative estimate of drug-likeness (QED) is 0.525. The van der Waals surface area contributed by atoms with Crippen molar-refractivity contribution in [2.45, 2.75) is 12.1 Å². The molecule has 1 aromatic heterocycles. The van der Waals surface area contributed by atoms with E-state index in [1.807, 2.05) is 0 Å². The van der Waals surface area contributed by atoms with Crippen molar-refractivity contribution in [3.05, 3.63) is 64.5 Å². The van der Waals surface area contributed by atoms with E-state index in [1.165, 1.54) is 17.8 Å². The second kappa shape index (κ2) is 7.03. The molecule has 2 aromatic carbocycles. The van der Waals surface area contributed by atoms with E-state index in [2.05, 4.69) is 11.1 Å². The van der Waals surface area contributed by atoms with Crippen LogP contribution in [0.5, 0.6) is 0 Å². The molecule has 0 radical (unpaired) electrons. The van der Waals surface area contributed by atoms with Crippen molar-refractivity contribution < 1.29 is 8.78 Å². The molecule has 0 saturated carbocycles. The average molecular weight is 357 g/mol. The van der Waals surface area contributed by atoms with Crippen LogP contribution in [0.1, 0.15) is 6.92 Å². The molecule has 0 aliphatic carbocycles. The minimum absolute atomic E-state index is 0.0724. The van der Waals surface area contributed by atoms with Crippen molar-refractivity contribution >= 4 is 22.7 Å². The van der Waals surface area contributed by atoms with Gasteiger partial charge >= 0.3 is 0 Å². The van der Waals surface area contributed by atoms with Crippen LogP contribution >= 0.6 is 11.8 Å².